The molecule has 1 saturated heterocycles. The summed E-state index contributed by atoms with van der Waals surface area (Å²) in [7, 11) is 1.55. The molecule has 1 aliphatic rings. The fraction of sp³-hybridized carbons (Fsp3) is 0.125. The molecule has 6 nitrogen and oxygen atoms in total. The van der Waals surface area contributed by atoms with E-state index in [0.717, 1.165) is 11.4 Å². The Bertz CT molecular complexity index is 1100. The van der Waals surface area contributed by atoms with Gasteiger partial charge in [0.05, 0.1) is 24.2 Å². The number of rotatable bonds is 6. The first-order valence-corrected chi connectivity index (χ1v) is 10.7. The van der Waals surface area contributed by atoms with E-state index in [4.69, 9.17) is 4.74 Å². The number of hydrogen-bond acceptors (Lipinski definition) is 5. The zero-order chi connectivity index (χ0) is 21.6. The maximum Gasteiger partial charge on any atom is 0.247 e. The van der Waals surface area contributed by atoms with Gasteiger partial charge in [-0.1, -0.05) is 60.3 Å². The molecule has 4 rings (SSSR count). The predicted octanol–water partition coefficient (Wildman–Crippen LogP) is 4.86. The van der Waals surface area contributed by atoms with Crippen LogP contribution >= 0.6 is 11.8 Å². The first-order chi connectivity index (χ1) is 15.2. The average Bonchev–Trinajstić information content (AvgIpc) is 3.09. The molecule has 1 N–H and O–H groups in total. The lowest BCUT2D eigenvalue weighted by molar-refractivity contribution is -0.121. The Morgan fingerprint density at radius 1 is 1.00 bits per heavy atom. The highest BCUT2D eigenvalue weighted by Crippen LogP contribution is 2.35. The molecule has 0 aliphatic carbocycles. The monoisotopic (exact) mass is 431 g/mol. The van der Waals surface area contributed by atoms with Crippen molar-refractivity contribution in [1.82, 2.24) is 0 Å². The maximum absolute atomic E-state index is 13.2. The third-order valence-electron chi connectivity index (χ3n) is 4.68. The van der Waals surface area contributed by atoms with Crippen LogP contribution in [0.2, 0.25) is 0 Å². The zero-order valence-corrected chi connectivity index (χ0v) is 17.7. The summed E-state index contributed by atoms with van der Waals surface area (Å²) in [5, 5.41) is 2.82. The third-order valence-corrected chi connectivity index (χ3v) is 5.82. The fourth-order valence-electron chi connectivity index (χ4n) is 3.22. The van der Waals surface area contributed by atoms with Crippen molar-refractivity contribution in [3.05, 3.63) is 84.9 Å². The molecule has 1 fully saturated rings. The van der Waals surface area contributed by atoms with Crippen LogP contribution in [0.5, 0.6) is 5.75 Å². The largest absolute Gasteiger partial charge is 0.495 e. The number of carbonyl (C=O) groups excluding carboxylic acids is 2. The normalized spacial score (nSPS) is 17.1. The highest BCUT2D eigenvalue weighted by atomic mass is 32.2. The lowest BCUT2D eigenvalue weighted by atomic mass is 10.2. The average molecular weight is 432 g/mol. The minimum atomic E-state index is -0.572. The number of nitrogens with one attached hydrogen (secondary N) is 1. The van der Waals surface area contributed by atoms with Crippen LogP contribution in [0, 0.1) is 0 Å². The van der Waals surface area contributed by atoms with Crippen LogP contribution in [0.1, 0.15) is 6.42 Å². The fourth-order valence-corrected chi connectivity index (χ4v) is 4.37. The standard InChI is InChI=1S/C24H21N3O3S/c1-30-20-15-9-8-14-19(20)26-22(28)16-21-23(29)27(18-12-6-3-7-13-18)24(31-21)25-17-10-4-2-5-11-17/h2-15,21H,16H2,1H3,(H,26,28). The summed E-state index contributed by atoms with van der Waals surface area (Å²) >= 11 is 1.30. The van der Waals surface area contributed by atoms with Crippen molar-refractivity contribution < 1.29 is 14.3 Å². The van der Waals surface area contributed by atoms with Crippen LogP contribution in [-0.2, 0) is 9.59 Å². The molecular formula is C24H21N3O3S. The highest BCUT2D eigenvalue weighted by molar-refractivity contribution is 8.16. The molecule has 31 heavy (non-hydrogen) atoms. The molecule has 1 heterocycles. The molecule has 0 saturated carbocycles. The van der Waals surface area contributed by atoms with E-state index in [9.17, 15) is 9.59 Å². The Balaban J connectivity index is 1.57. The number of amidine groups is 1. The molecule has 0 radical (unpaired) electrons. The number of anilines is 2. The summed E-state index contributed by atoms with van der Waals surface area (Å²) in [6.45, 7) is 0. The van der Waals surface area contributed by atoms with E-state index in [1.54, 1.807) is 24.1 Å². The van der Waals surface area contributed by atoms with Crippen molar-refractivity contribution in [3.8, 4) is 5.75 Å². The van der Waals surface area contributed by atoms with E-state index < -0.39 is 5.25 Å². The number of amides is 2. The predicted molar refractivity (Wildman–Crippen MR) is 125 cm³/mol. The number of para-hydroxylation sites is 4. The second kappa shape index (κ2) is 9.49. The van der Waals surface area contributed by atoms with E-state index >= 15 is 0 Å². The van der Waals surface area contributed by atoms with Gasteiger partial charge in [-0.05, 0) is 36.4 Å². The quantitative estimate of drug-likeness (QED) is 0.605. The van der Waals surface area contributed by atoms with Crippen LogP contribution in [0.4, 0.5) is 17.1 Å². The summed E-state index contributed by atoms with van der Waals surface area (Å²) < 4.78 is 5.28. The lowest BCUT2D eigenvalue weighted by Gasteiger charge is -2.16. The van der Waals surface area contributed by atoms with E-state index in [0.29, 0.717) is 16.6 Å². The smallest absolute Gasteiger partial charge is 0.247 e. The Morgan fingerprint density at radius 2 is 1.65 bits per heavy atom. The number of hydrogen-bond donors (Lipinski definition) is 1. The van der Waals surface area contributed by atoms with Gasteiger partial charge in [-0.25, -0.2) is 4.99 Å². The molecular weight excluding hydrogens is 410 g/mol. The highest BCUT2D eigenvalue weighted by Gasteiger charge is 2.40. The second-order valence-corrected chi connectivity index (χ2v) is 7.97. The van der Waals surface area contributed by atoms with Crippen molar-refractivity contribution in [3.63, 3.8) is 0 Å². The number of ether oxygens (including phenoxy) is 1. The minimum absolute atomic E-state index is 0.0265. The molecule has 1 aliphatic heterocycles. The molecule has 1 unspecified atom stereocenters. The lowest BCUT2D eigenvalue weighted by Crippen LogP contribution is -2.33. The first-order valence-electron chi connectivity index (χ1n) is 9.78. The van der Waals surface area contributed by atoms with Crippen molar-refractivity contribution in [2.24, 2.45) is 4.99 Å². The van der Waals surface area contributed by atoms with Crippen molar-refractivity contribution in [2.75, 3.05) is 17.3 Å². The summed E-state index contributed by atoms with van der Waals surface area (Å²) in [4.78, 5) is 32.2. The Kier molecular flexibility index (Phi) is 6.33. The summed E-state index contributed by atoms with van der Waals surface area (Å²) in [5.41, 5.74) is 2.05. The maximum atomic E-state index is 13.2. The molecule has 156 valence electrons. The number of nitrogens with zero attached hydrogens (tertiary/aromatic N) is 2. The number of aliphatic imine (C=N–C) groups is 1. The van der Waals surface area contributed by atoms with E-state index in [2.05, 4.69) is 10.3 Å². The van der Waals surface area contributed by atoms with Gasteiger partial charge in [0, 0.05) is 6.42 Å². The van der Waals surface area contributed by atoms with Crippen LogP contribution in [-0.4, -0.2) is 29.3 Å². The molecule has 0 aromatic heterocycles. The van der Waals surface area contributed by atoms with Gasteiger partial charge in [0.1, 0.15) is 11.0 Å². The van der Waals surface area contributed by atoms with E-state index in [1.807, 2.05) is 72.8 Å². The number of methoxy groups -OCH3 is 1. The van der Waals surface area contributed by atoms with Gasteiger partial charge < -0.3 is 10.1 Å². The summed E-state index contributed by atoms with van der Waals surface area (Å²) in [6.07, 6.45) is 0.0265. The van der Waals surface area contributed by atoms with Gasteiger partial charge in [0.25, 0.3) is 0 Å². The van der Waals surface area contributed by atoms with E-state index in [-0.39, 0.29) is 18.2 Å². The Labute approximate surface area is 184 Å². The van der Waals surface area contributed by atoms with Gasteiger partial charge in [-0.2, -0.15) is 0 Å². The molecule has 3 aromatic rings. The minimum Gasteiger partial charge on any atom is -0.495 e. The van der Waals surface area contributed by atoms with Crippen molar-refractivity contribution >= 4 is 45.8 Å². The summed E-state index contributed by atoms with van der Waals surface area (Å²) in [5.74, 6) is 0.142. The van der Waals surface area contributed by atoms with Crippen molar-refractivity contribution in [2.45, 2.75) is 11.7 Å². The van der Waals surface area contributed by atoms with Crippen LogP contribution in [0.15, 0.2) is 89.9 Å². The van der Waals surface area contributed by atoms with Gasteiger partial charge in [-0.3, -0.25) is 14.5 Å². The second-order valence-electron chi connectivity index (χ2n) is 6.80. The molecule has 3 aromatic carbocycles. The molecule has 7 heteroatoms. The van der Waals surface area contributed by atoms with Gasteiger partial charge in [-0.15, -0.1) is 0 Å². The van der Waals surface area contributed by atoms with Gasteiger partial charge in [0.15, 0.2) is 5.17 Å². The SMILES string of the molecule is COc1ccccc1NC(=O)CC1SC(=Nc2ccccc2)N(c2ccccc2)C1=O. The summed E-state index contributed by atoms with van der Waals surface area (Å²) in [6, 6.07) is 26.0. The van der Waals surface area contributed by atoms with E-state index in [1.165, 1.54) is 11.8 Å². The number of carbonyl (C=O) groups is 2. The van der Waals surface area contributed by atoms with Crippen LogP contribution < -0.4 is 15.0 Å². The Morgan fingerprint density at radius 3 is 2.35 bits per heavy atom. The molecule has 0 bridgehead atoms. The van der Waals surface area contributed by atoms with Crippen LogP contribution in [0.3, 0.4) is 0 Å². The van der Waals surface area contributed by atoms with Crippen LogP contribution in [0.25, 0.3) is 0 Å². The topological polar surface area (TPSA) is 71.0 Å². The molecule has 2 amide bonds. The van der Waals surface area contributed by atoms with Gasteiger partial charge in [0.2, 0.25) is 11.8 Å². The first kappa shape index (κ1) is 20.7. The van der Waals surface area contributed by atoms with Crippen molar-refractivity contribution in [1.29, 1.82) is 0 Å². The number of benzene rings is 3. The zero-order valence-electron chi connectivity index (χ0n) is 16.9. The number of thioether (sulfide) groups is 1. The molecule has 1 atom stereocenters. The Hall–Kier alpha value is -3.58. The molecule has 0 spiro atoms. The van der Waals surface area contributed by atoms with Gasteiger partial charge >= 0.3 is 0 Å². The third kappa shape index (κ3) is 4.78.